The topological polar surface area (TPSA) is 38.1 Å². The third kappa shape index (κ3) is 3.65. The summed E-state index contributed by atoms with van der Waals surface area (Å²) < 4.78 is 55.0. The molecule has 0 saturated carbocycles. The number of halogens is 4. The Hall–Kier alpha value is -2.71. The number of benzene rings is 2. The van der Waals surface area contributed by atoms with Crippen LogP contribution in [0.3, 0.4) is 0 Å². The molecular formula is C21H16F4N2OS. The number of nitrogens with zero attached hydrogens (tertiary/aromatic N) is 2. The van der Waals surface area contributed by atoms with Crippen molar-refractivity contribution in [3.8, 4) is 5.69 Å². The fraction of sp³-hybridized carbons (Fsp3) is 0.190. The van der Waals surface area contributed by atoms with E-state index in [0.717, 1.165) is 28.6 Å². The fourth-order valence-corrected chi connectivity index (χ4v) is 4.32. The second-order valence-corrected chi connectivity index (χ2v) is 7.76. The molecule has 1 N–H and O–H groups in total. The van der Waals surface area contributed by atoms with Crippen LogP contribution in [0.5, 0.6) is 0 Å². The zero-order chi connectivity index (χ0) is 20.6. The van der Waals surface area contributed by atoms with Crippen molar-refractivity contribution in [2.45, 2.75) is 18.2 Å². The Balaban J connectivity index is 1.72. The Morgan fingerprint density at radius 3 is 2.48 bits per heavy atom. The van der Waals surface area contributed by atoms with Gasteiger partial charge in [0.1, 0.15) is 12.3 Å². The van der Waals surface area contributed by atoms with Gasteiger partial charge in [0.2, 0.25) is 0 Å². The van der Waals surface area contributed by atoms with E-state index >= 15 is 0 Å². The molecule has 0 fully saturated rings. The third-order valence-electron chi connectivity index (χ3n) is 4.83. The lowest BCUT2D eigenvalue weighted by atomic mass is 9.89. The van der Waals surface area contributed by atoms with E-state index < -0.39 is 30.4 Å². The molecule has 4 aromatic rings. The van der Waals surface area contributed by atoms with Gasteiger partial charge in [-0.15, -0.1) is 11.3 Å². The van der Waals surface area contributed by atoms with Gasteiger partial charge < -0.3 is 5.11 Å². The van der Waals surface area contributed by atoms with Crippen LogP contribution >= 0.6 is 11.3 Å². The predicted octanol–water partition coefficient (Wildman–Crippen LogP) is 5.51. The highest BCUT2D eigenvalue weighted by atomic mass is 32.1. The van der Waals surface area contributed by atoms with Crippen molar-refractivity contribution < 1.29 is 22.7 Å². The first-order valence-electron chi connectivity index (χ1n) is 8.77. The van der Waals surface area contributed by atoms with Crippen LogP contribution < -0.4 is 0 Å². The number of hydrogen-bond acceptors (Lipinski definition) is 3. The molecule has 150 valence electrons. The van der Waals surface area contributed by atoms with Gasteiger partial charge in [-0.05, 0) is 41.3 Å². The molecule has 0 amide bonds. The summed E-state index contributed by atoms with van der Waals surface area (Å²) in [6, 6.07) is 15.1. The van der Waals surface area contributed by atoms with E-state index in [4.69, 9.17) is 0 Å². The van der Waals surface area contributed by atoms with Gasteiger partial charge in [-0.25, -0.2) is 9.07 Å². The number of fused-ring (bicyclic) bond motifs is 1. The van der Waals surface area contributed by atoms with Crippen LogP contribution in [0.4, 0.5) is 17.6 Å². The highest BCUT2D eigenvalue weighted by Crippen LogP contribution is 2.39. The zero-order valence-electron chi connectivity index (χ0n) is 15.0. The second-order valence-electron chi connectivity index (χ2n) is 6.76. The van der Waals surface area contributed by atoms with Gasteiger partial charge >= 0.3 is 6.18 Å². The van der Waals surface area contributed by atoms with Gasteiger partial charge in [-0.3, -0.25) is 0 Å². The smallest absolute Gasteiger partial charge is 0.382 e. The maximum Gasteiger partial charge on any atom is 0.417 e. The molecule has 1 unspecified atom stereocenters. The lowest BCUT2D eigenvalue weighted by Gasteiger charge is -2.26. The van der Waals surface area contributed by atoms with Crippen LogP contribution in [-0.2, 0) is 18.2 Å². The second kappa shape index (κ2) is 7.27. The molecule has 3 nitrogen and oxygen atoms in total. The molecule has 0 aliphatic heterocycles. The van der Waals surface area contributed by atoms with Gasteiger partial charge in [0.15, 0.2) is 0 Å². The minimum absolute atomic E-state index is 0.0993. The number of para-hydroxylation sites is 1. The highest BCUT2D eigenvalue weighted by Gasteiger charge is 2.38. The van der Waals surface area contributed by atoms with Crippen molar-refractivity contribution in [2.75, 3.05) is 6.67 Å². The van der Waals surface area contributed by atoms with Crippen LogP contribution in [0.1, 0.15) is 16.0 Å². The molecule has 0 saturated heterocycles. The molecule has 0 bridgehead atoms. The summed E-state index contributed by atoms with van der Waals surface area (Å²) >= 11 is 0.855. The molecule has 0 spiro atoms. The lowest BCUT2D eigenvalue weighted by molar-refractivity contribution is -0.138. The number of rotatable bonds is 5. The van der Waals surface area contributed by atoms with Crippen LogP contribution in [0.2, 0.25) is 0 Å². The van der Waals surface area contributed by atoms with Crippen molar-refractivity contribution in [2.24, 2.45) is 0 Å². The molecule has 2 aromatic heterocycles. The van der Waals surface area contributed by atoms with Crippen molar-refractivity contribution in [1.82, 2.24) is 9.78 Å². The molecule has 0 aliphatic carbocycles. The van der Waals surface area contributed by atoms with E-state index in [1.54, 1.807) is 23.0 Å². The summed E-state index contributed by atoms with van der Waals surface area (Å²) in [6.07, 6.45) is -3.43. The van der Waals surface area contributed by atoms with E-state index in [9.17, 15) is 22.7 Å². The Labute approximate surface area is 167 Å². The van der Waals surface area contributed by atoms with E-state index in [2.05, 4.69) is 5.10 Å². The van der Waals surface area contributed by atoms with Crippen molar-refractivity contribution in [1.29, 1.82) is 0 Å². The number of hydrogen-bond donors (Lipinski definition) is 1. The number of thiophene rings is 1. The van der Waals surface area contributed by atoms with Gasteiger partial charge in [0.05, 0.1) is 23.0 Å². The van der Waals surface area contributed by atoms with Crippen molar-refractivity contribution >= 4 is 22.2 Å². The Kier molecular flexibility index (Phi) is 4.92. The standard InChI is InChI=1S/C21H16F4N2OS/c22-13-20(28,11-19-17(8-9-29-19)21(23,24)25)15-6-7-18-14(10-15)12-26-27(18)16-4-2-1-3-5-16/h1-10,12,28H,11,13H2. The molecule has 0 radical (unpaired) electrons. The monoisotopic (exact) mass is 420 g/mol. The van der Waals surface area contributed by atoms with Crippen LogP contribution in [-0.4, -0.2) is 21.6 Å². The normalized spacial score (nSPS) is 14.2. The molecule has 0 aliphatic rings. The summed E-state index contributed by atoms with van der Waals surface area (Å²) in [5, 5.41) is 17.2. The van der Waals surface area contributed by atoms with Gasteiger partial charge in [0, 0.05) is 16.7 Å². The zero-order valence-corrected chi connectivity index (χ0v) is 15.8. The number of alkyl halides is 4. The van der Waals surface area contributed by atoms with Gasteiger partial charge in [-0.2, -0.15) is 18.3 Å². The molecule has 2 heterocycles. The Morgan fingerprint density at radius 1 is 1.03 bits per heavy atom. The first-order chi connectivity index (χ1) is 13.8. The number of aliphatic hydroxyl groups is 1. The molecule has 8 heteroatoms. The third-order valence-corrected chi connectivity index (χ3v) is 5.75. The summed E-state index contributed by atoms with van der Waals surface area (Å²) in [7, 11) is 0. The minimum atomic E-state index is -4.55. The summed E-state index contributed by atoms with van der Waals surface area (Å²) in [5.74, 6) is 0. The van der Waals surface area contributed by atoms with E-state index in [-0.39, 0.29) is 10.4 Å². The van der Waals surface area contributed by atoms with Crippen LogP contribution in [0.15, 0.2) is 66.2 Å². The SMILES string of the molecule is OC(CF)(Cc1sccc1C(F)(F)F)c1ccc2c(cnn2-c2ccccc2)c1. The van der Waals surface area contributed by atoms with Crippen molar-refractivity contribution in [3.63, 3.8) is 0 Å². The van der Waals surface area contributed by atoms with E-state index in [1.165, 1.54) is 11.4 Å². The van der Waals surface area contributed by atoms with Crippen molar-refractivity contribution in [3.05, 3.63) is 82.2 Å². The predicted molar refractivity (Wildman–Crippen MR) is 104 cm³/mol. The first-order valence-corrected chi connectivity index (χ1v) is 9.65. The minimum Gasteiger partial charge on any atom is -0.382 e. The first kappa shape index (κ1) is 19.6. The lowest BCUT2D eigenvalue weighted by Crippen LogP contribution is -2.31. The summed E-state index contributed by atoms with van der Waals surface area (Å²) in [6.45, 7) is -1.21. The summed E-state index contributed by atoms with van der Waals surface area (Å²) in [4.78, 5) is -0.0993. The summed E-state index contributed by atoms with van der Waals surface area (Å²) in [5.41, 5.74) is -1.11. The molecular weight excluding hydrogens is 404 g/mol. The van der Waals surface area contributed by atoms with E-state index in [0.29, 0.717) is 5.39 Å². The Morgan fingerprint density at radius 2 is 1.79 bits per heavy atom. The average Bonchev–Trinajstić information content (AvgIpc) is 3.34. The highest BCUT2D eigenvalue weighted by molar-refractivity contribution is 7.10. The van der Waals surface area contributed by atoms with Crippen LogP contribution in [0, 0.1) is 0 Å². The quantitative estimate of drug-likeness (QED) is 0.433. The maximum atomic E-state index is 13.9. The molecule has 29 heavy (non-hydrogen) atoms. The fourth-order valence-electron chi connectivity index (χ4n) is 3.32. The average molecular weight is 420 g/mol. The van der Waals surface area contributed by atoms with Gasteiger partial charge in [0.25, 0.3) is 0 Å². The molecule has 2 aromatic carbocycles. The largest absolute Gasteiger partial charge is 0.417 e. The number of aromatic nitrogens is 2. The molecule has 4 rings (SSSR count). The van der Waals surface area contributed by atoms with E-state index in [1.807, 2.05) is 30.3 Å². The van der Waals surface area contributed by atoms with Gasteiger partial charge in [-0.1, -0.05) is 24.3 Å². The molecule has 1 atom stereocenters. The Bertz CT molecular complexity index is 1140. The maximum absolute atomic E-state index is 13.9. The van der Waals surface area contributed by atoms with Crippen LogP contribution in [0.25, 0.3) is 16.6 Å².